The molecule has 9 nitrogen and oxygen atoms in total. The van der Waals surface area contributed by atoms with Crippen LogP contribution < -0.4 is 15.4 Å². The van der Waals surface area contributed by atoms with Crippen LogP contribution in [-0.2, 0) is 29.1 Å². The largest absolute Gasteiger partial charge is 0.451 e. The fourth-order valence-corrected chi connectivity index (χ4v) is 4.18. The maximum Gasteiger partial charge on any atom is 0.324 e. The van der Waals surface area contributed by atoms with Crippen LogP contribution in [0.5, 0.6) is 0 Å². The number of hydrogen-bond donors (Lipinski definition) is 3. The molecule has 1 aromatic carbocycles. The van der Waals surface area contributed by atoms with Gasteiger partial charge in [-0.1, -0.05) is 12.8 Å². The second kappa shape index (κ2) is 9.84. The first-order chi connectivity index (χ1) is 13.6. The lowest BCUT2D eigenvalue weighted by atomic mass is 10.2. The van der Waals surface area contributed by atoms with Crippen LogP contribution in [0.15, 0.2) is 29.2 Å². The van der Waals surface area contributed by atoms with Crippen molar-refractivity contribution < 1.29 is 27.5 Å². The number of benzene rings is 1. The summed E-state index contributed by atoms with van der Waals surface area (Å²) in [6.45, 7) is 4.13. The van der Waals surface area contributed by atoms with Gasteiger partial charge in [-0.15, -0.1) is 0 Å². The van der Waals surface area contributed by atoms with E-state index in [1.807, 2.05) is 0 Å². The molecule has 2 amide bonds. The van der Waals surface area contributed by atoms with E-state index < -0.39 is 34.0 Å². The van der Waals surface area contributed by atoms with Crippen molar-refractivity contribution in [1.82, 2.24) is 10.0 Å². The van der Waals surface area contributed by atoms with Crippen molar-refractivity contribution in [3.05, 3.63) is 24.3 Å². The number of carbonyl (C=O) groups is 3. The fraction of sp³-hybridized carbons (Fsp3) is 0.526. The molecule has 0 spiro atoms. The topological polar surface area (TPSA) is 131 Å². The Morgan fingerprint density at radius 3 is 2.21 bits per heavy atom. The molecule has 1 fully saturated rings. The maximum absolute atomic E-state index is 12.4. The standard InChI is InChI=1S/C19H27N3O6S/c1-12(19(25)28-13(2)18(24)21-15-6-4-5-7-15)22-29(26,27)17-10-8-16(9-11-17)20-14(3)23/h8-13,15,22H,4-7H2,1-3H3,(H,20,23)(H,21,24)/t12-,13+/m0/s1. The van der Waals surface area contributed by atoms with Gasteiger partial charge in [-0.2, -0.15) is 4.72 Å². The van der Waals surface area contributed by atoms with Gasteiger partial charge in [0.2, 0.25) is 15.9 Å². The molecule has 29 heavy (non-hydrogen) atoms. The first-order valence-corrected chi connectivity index (χ1v) is 11.0. The number of hydrogen-bond acceptors (Lipinski definition) is 6. The number of esters is 1. The zero-order chi connectivity index (χ0) is 21.6. The van der Waals surface area contributed by atoms with E-state index in [0.717, 1.165) is 25.7 Å². The van der Waals surface area contributed by atoms with Crippen LogP contribution in [0.4, 0.5) is 5.69 Å². The van der Waals surface area contributed by atoms with Crippen LogP contribution >= 0.6 is 0 Å². The van der Waals surface area contributed by atoms with E-state index in [1.54, 1.807) is 0 Å². The molecule has 1 aliphatic carbocycles. The van der Waals surface area contributed by atoms with E-state index in [2.05, 4.69) is 15.4 Å². The number of anilines is 1. The Hall–Kier alpha value is -2.46. The third-order valence-electron chi connectivity index (χ3n) is 4.53. The first-order valence-electron chi connectivity index (χ1n) is 9.49. The van der Waals surface area contributed by atoms with Crippen molar-refractivity contribution >= 4 is 33.5 Å². The van der Waals surface area contributed by atoms with E-state index in [-0.39, 0.29) is 16.8 Å². The maximum atomic E-state index is 12.4. The highest BCUT2D eigenvalue weighted by Crippen LogP contribution is 2.18. The molecule has 0 aliphatic heterocycles. The molecule has 1 aromatic rings. The number of carbonyl (C=O) groups excluding carboxylic acids is 3. The summed E-state index contributed by atoms with van der Waals surface area (Å²) >= 11 is 0. The van der Waals surface area contributed by atoms with Crippen molar-refractivity contribution in [2.75, 3.05) is 5.32 Å². The molecular formula is C19H27N3O6S. The van der Waals surface area contributed by atoms with Crippen LogP contribution in [0.25, 0.3) is 0 Å². The summed E-state index contributed by atoms with van der Waals surface area (Å²) in [6, 6.07) is 4.41. The van der Waals surface area contributed by atoms with Crippen molar-refractivity contribution in [3.63, 3.8) is 0 Å². The fourth-order valence-electron chi connectivity index (χ4n) is 2.99. The van der Waals surface area contributed by atoms with Crippen molar-refractivity contribution in [2.45, 2.75) is 69.5 Å². The Kier molecular flexibility index (Phi) is 7.74. The average molecular weight is 426 g/mol. The van der Waals surface area contributed by atoms with Gasteiger partial charge in [0.15, 0.2) is 6.10 Å². The van der Waals surface area contributed by atoms with E-state index >= 15 is 0 Å². The van der Waals surface area contributed by atoms with Gasteiger partial charge < -0.3 is 15.4 Å². The first kappa shape index (κ1) is 22.8. The molecule has 160 valence electrons. The number of amides is 2. The number of nitrogens with one attached hydrogen (secondary N) is 3. The van der Waals surface area contributed by atoms with Gasteiger partial charge in [0.25, 0.3) is 5.91 Å². The van der Waals surface area contributed by atoms with Crippen LogP contribution in [0.2, 0.25) is 0 Å². The van der Waals surface area contributed by atoms with Crippen LogP contribution in [-0.4, -0.2) is 44.4 Å². The van der Waals surface area contributed by atoms with Gasteiger partial charge in [0, 0.05) is 18.7 Å². The average Bonchev–Trinajstić information content (AvgIpc) is 3.14. The SMILES string of the molecule is CC(=O)Nc1ccc(S(=O)(=O)N[C@@H](C)C(=O)O[C@H](C)C(=O)NC2CCCC2)cc1. The molecular weight excluding hydrogens is 398 g/mol. The summed E-state index contributed by atoms with van der Waals surface area (Å²) in [4.78, 5) is 35.3. The lowest BCUT2D eigenvalue weighted by molar-refractivity contribution is -0.156. The molecule has 2 atom stereocenters. The van der Waals surface area contributed by atoms with Gasteiger partial charge in [-0.25, -0.2) is 8.42 Å². The second-order valence-electron chi connectivity index (χ2n) is 7.12. The number of ether oxygens (including phenoxy) is 1. The molecule has 1 saturated carbocycles. The third-order valence-corrected chi connectivity index (χ3v) is 6.09. The quantitative estimate of drug-likeness (QED) is 0.538. The van der Waals surface area contributed by atoms with Gasteiger partial charge in [-0.05, 0) is 51.0 Å². The van der Waals surface area contributed by atoms with E-state index in [9.17, 15) is 22.8 Å². The second-order valence-corrected chi connectivity index (χ2v) is 8.83. The molecule has 3 N–H and O–H groups in total. The summed E-state index contributed by atoms with van der Waals surface area (Å²) < 4.78 is 32.2. The van der Waals surface area contributed by atoms with Gasteiger partial charge in [0.05, 0.1) is 4.90 Å². The Bertz CT molecular complexity index is 847. The lowest BCUT2D eigenvalue weighted by Gasteiger charge is -2.19. The molecule has 0 heterocycles. The lowest BCUT2D eigenvalue weighted by Crippen LogP contribution is -2.45. The minimum absolute atomic E-state index is 0.0710. The molecule has 1 aliphatic rings. The van der Waals surface area contributed by atoms with Crippen LogP contribution in [0.1, 0.15) is 46.5 Å². The minimum atomic E-state index is -3.99. The molecule has 0 aromatic heterocycles. The van der Waals surface area contributed by atoms with Crippen molar-refractivity contribution in [3.8, 4) is 0 Å². The highest BCUT2D eigenvalue weighted by atomic mass is 32.2. The monoisotopic (exact) mass is 425 g/mol. The number of sulfonamides is 1. The smallest absolute Gasteiger partial charge is 0.324 e. The zero-order valence-electron chi connectivity index (χ0n) is 16.7. The molecule has 2 rings (SSSR count). The normalized spacial score (nSPS) is 16.7. The predicted octanol–water partition coefficient (Wildman–Crippen LogP) is 1.30. The Balaban J connectivity index is 1.91. The highest BCUT2D eigenvalue weighted by molar-refractivity contribution is 7.89. The van der Waals surface area contributed by atoms with Crippen LogP contribution in [0.3, 0.4) is 0 Å². The summed E-state index contributed by atoms with van der Waals surface area (Å²) in [7, 11) is -3.99. The summed E-state index contributed by atoms with van der Waals surface area (Å²) in [6.07, 6.45) is 2.91. The molecule has 0 saturated heterocycles. The highest BCUT2D eigenvalue weighted by Gasteiger charge is 2.27. The zero-order valence-corrected chi connectivity index (χ0v) is 17.5. The van der Waals surface area contributed by atoms with Crippen molar-refractivity contribution in [2.24, 2.45) is 0 Å². The van der Waals surface area contributed by atoms with Gasteiger partial charge >= 0.3 is 5.97 Å². The van der Waals surface area contributed by atoms with E-state index in [0.29, 0.717) is 5.69 Å². The summed E-state index contributed by atoms with van der Waals surface area (Å²) in [5.41, 5.74) is 0.450. The molecule has 0 bridgehead atoms. The third kappa shape index (κ3) is 6.82. The summed E-state index contributed by atoms with van der Waals surface area (Å²) in [5.74, 6) is -1.52. The predicted molar refractivity (Wildman–Crippen MR) is 106 cm³/mol. The summed E-state index contributed by atoms with van der Waals surface area (Å²) in [5, 5.41) is 5.37. The molecule has 0 radical (unpaired) electrons. The number of rotatable bonds is 8. The molecule has 0 unspecified atom stereocenters. The van der Waals surface area contributed by atoms with Crippen LogP contribution in [0, 0.1) is 0 Å². The van der Waals surface area contributed by atoms with Gasteiger partial charge in [0.1, 0.15) is 6.04 Å². The van der Waals surface area contributed by atoms with Crippen molar-refractivity contribution in [1.29, 1.82) is 0 Å². The Morgan fingerprint density at radius 2 is 1.66 bits per heavy atom. The Morgan fingerprint density at radius 1 is 1.07 bits per heavy atom. The Labute approximate surface area is 170 Å². The molecule has 10 heteroatoms. The van der Waals surface area contributed by atoms with E-state index in [1.165, 1.54) is 45.0 Å². The minimum Gasteiger partial charge on any atom is -0.451 e. The van der Waals surface area contributed by atoms with Gasteiger partial charge in [-0.3, -0.25) is 14.4 Å². The van der Waals surface area contributed by atoms with E-state index in [4.69, 9.17) is 4.74 Å².